The van der Waals surface area contributed by atoms with Crippen molar-refractivity contribution in [3.8, 4) is 5.75 Å². The summed E-state index contributed by atoms with van der Waals surface area (Å²) in [6.45, 7) is 0. The van der Waals surface area contributed by atoms with Gasteiger partial charge in [-0.05, 0) is 17.7 Å². The molecule has 1 aromatic heterocycles. The second-order valence-electron chi connectivity index (χ2n) is 4.76. The van der Waals surface area contributed by atoms with Crippen molar-refractivity contribution in [3.05, 3.63) is 29.8 Å². The SMILES string of the molecule is COc1ccc([C@H](CC(=O)[O-])NC(=O)CSc2n[nH]c(N)n2)cc1. The van der Waals surface area contributed by atoms with Gasteiger partial charge in [0.15, 0.2) is 0 Å². The summed E-state index contributed by atoms with van der Waals surface area (Å²) in [7, 11) is 1.53. The maximum atomic E-state index is 12.0. The van der Waals surface area contributed by atoms with Crippen LogP contribution in [0.3, 0.4) is 0 Å². The number of carboxylic acid groups (broad SMARTS) is 1. The molecule has 0 fully saturated rings. The Morgan fingerprint density at radius 2 is 2.12 bits per heavy atom. The van der Waals surface area contributed by atoms with E-state index >= 15 is 0 Å². The Bertz CT molecular complexity index is 703. The minimum Gasteiger partial charge on any atom is -0.550 e. The van der Waals surface area contributed by atoms with Crippen LogP contribution in [0.4, 0.5) is 5.95 Å². The molecule has 0 saturated carbocycles. The van der Waals surface area contributed by atoms with E-state index < -0.39 is 12.0 Å². The molecule has 1 heterocycles. The summed E-state index contributed by atoms with van der Waals surface area (Å²) in [4.78, 5) is 26.8. The summed E-state index contributed by atoms with van der Waals surface area (Å²) in [5.41, 5.74) is 6.03. The average molecular weight is 350 g/mol. The number of aromatic amines is 1. The van der Waals surface area contributed by atoms with Gasteiger partial charge in [-0.3, -0.25) is 4.79 Å². The van der Waals surface area contributed by atoms with E-state index in [1.165, 1.54) is 7.11 Å². The molecule has 4 N–H and O–H groups in total. The summed E-state index contributed by atoms with van der Waals surface area (Å²) >= 11 is 1.08. The lowest BCUT2D eigenvalue weighted by molar-refractivity contribution is -0.306. The normalized spacial score (nSPS) is 11.7. The first kappa shape index (κ1) is 17.6. The Hall–Kier alpha value is -2.75. The zero-order valence-electron chi connectivity index (χ0n) is 12.8. The first-order valence-electron chi connectivity index (χ1n) is 6.91. The number of nitrogen functional groups attached to an aromatic ring is 1. The number of anilines is 1. The van der Waals surface area contributed by atoms with Crippen molar-refractivity contribution in [3.63, 3.8) is 0 Å². The molecule has 0 aliphatic carbocycles. The van der Waals surface area contributed by atoms with Gasteiger partial charge in [-0.1, -0.05) is 23.9 Å². The minimum atomic E-state index is -1.26. The molecular weight excluding hydrogens is 334 g/mol. The van der Waals surface area contributed by atoms with E-state index in [2.05, 4.69) is 20.5 Å². The van der Waals surface area contributed by atoms with Crippen LogP contribution in [0.15, 0.2) is 29.4 Å². The van der Waals surface area contributed by atoms with Gasteiger partial charge < -0.3 is 25.7 Å². The van der Waals surface area contributed by atoms with E-state index in [1.807, 2.05) is 0 Å². The fourth-order valence-electron chi connectivity index (χ4n) is 1.94. The number of rotatable bonds is 8. The summed E-state index contributed by atoms with van der Waals surface area (Å²) in [5, 5.41) is 20.2. The number of carbonyl (C=O) groups is 2. The number of benzene rings is 1. The lowest BCUT2D eigenvalue weighted by Crippen LogP contribution is -2.35. The van der Waals surface area contributed by atoms with Gasteiger partial charge in [0.25, 0.3) is 0 Å². The van der Waals surface area contributed by atoms with Gasteiger partial charge in [-0.15, -0.1) is 5.10 Å². The fourth-order valence-corrected chi connectivity index (χ4v) is 2.56. The molecule has 24 heavy (non-hydrogen) atoms. The molecule has 2 rings (SSSR count). The van der Waals surface area contributed by atoms with Crippen LogP contribution in [0.2, 0.25) is 0 Å². The number of nitrogens with zero attached hydrogens (tertiary/aromatic N) is 2. The van der Waals surface area contributed by atoms with Crippen LogP contribution in [-0.2, 0) is 9.59 Å². The molecule has 128 valence electrons. The van der Waals surface area contributed by atoms with Gasteiger partial charge in [0.1, 0.15) is 5.75 Å². The highest BCUT2D eigenvalue weighted by Gasteiger charge is 2.16. The van der Waals surface area contributed by atoms with Gasteiger partial charge in [0.2, 0.25) is 17.0 Å². The Morgan fingerprint density at radius 1 is 1.42 bits per heavy atom. The fraction of sp³-hybridized carbons (Fsp3) is 0.286. The van der Waals surface area contributed by atoms with Crippen molar-refractivity contribution < 1.29 is 19.4 Å². The van der Waals surface area contributed by atoms with Crippen molar-refractivity contribution in [2.75, 3.05) is 18.6 Å². The maximum absolute atomic E-state index is 12.0. The Kier molecular flexibility index (Phi) is 6.01. The molecule has 0 radical (unpaired) electrons. The Balaban J connectivity index is 1.98. The number of H-pyrrole nitrogens is 1. The van der Waals surface area contributed by atoms with Gasteiger partial charge in [-0.2, -0.15) is 4.98 Å². The Morgan fingerprint density at radius 3 is 2.67 bits per heavy atom. The average Bonchev–Trinajstić information content (AvgIpc) is 2.97. The zero-order valence-corrected chi connectivity index (χ0v) is 13.6. The molecule has 1 amide bonds. The van der Waals surface area contributed by atoms with E-state index in [4.69, 9.17) is 10.5 Å². The second kappa shape index (κ2) is 8.20. The summed E-state index contributed by atoms with van der Waals surface area (Å²) < 4.78 is 5.05. The second-order valence-corrected chi connectivity index (χ2v) is 5.70. The topological polar surface area (TPSA) is 146 Å². The van der Waals surface area contributed by atoms with Crippen molar-refractivity contribution in [2.24, 2.45) is 0 Å². The smallest absolute Gasteiger partial charge is 0.230 e. The van der Waals surface area contributed by atoms with Gasteiger partial charge in [-0.25, -0.2) is 5.10 Å². The van der Waals surface area contributed by atoms with E-state index in [0.29, 0.717) is 16.5 Å². The molecule has 0 aliphatic heterocycles. The van der Waals surface area contributed by atoms with Crippen molar-refractivity contribution in [2.45, 2.75) is 17.6 Å². The first-order valence-corrected chi connectivity index (χ1v) is 7.90. The van der Waals surface area contributed by atoms with Crippen molar-refractivity contribution in [1.82, 2.24) is 20.5 Å². The number of carboxylic acids is 1. The van der Waals surface area contributed by atoms with Crippen LogP contribution in [0, 0.1) is 0 Å². The first-order chi connectivity index (χ1) is 11.5. The predicted octanol–water partition coefficient (Wildman–Crippen LogP) is -0.515. The standard InChI is InChI=1S/C14H17N5O4S/c1-23-9-4-2-8(3-5-9)10(6-12(21)22)16-11(20)7-24-14-17-13(15)18-19-14/h2-5,10H,6-7H2,1H3,(H,16,20)(H,21,22)(H3,15,17,18,19)/p-1/t10-/m0/s1. The number of carbonyl (C=O) groups excluding carboxylic acids is 2. The molecular formula is C14H16N5O4S-. The zero-order chi connectivity index (χ0) is 17.5. The summed E-state index contributed by atoms with van der Waals surface area (Å²) in [6.07, 6.45) is -0.337. The van der Waals surface area contributed by atoms with E-state index in [-0.39, 0.29) is 24.0 Å². The van der Waals surface area contributed by atoms with Gasteiger partial charge >= 0.3 is 0 Å². The Labute approximate surface area is 142 Å². The highest BCUT2D eigenvalue weighted by atomic mass is 32.2. The number of amides is 1. The number of hydrogen-bond donors (Lipinski definition) is 3. The predicted molar refractivity (Wildman–Crippen MR) is 85.0 cm³/mol. The quantitative estimate of drug-likeness (QED) is 0.539. The molecule has 0 bridgehead atoms. The number of aromatic nitrogens is 3. The number of hydrogen-bond acceptors (Lipinski definition) is 8. The number of nitrogens with one attached hydrogen (secondary N) is 2. The highest BCUT2D eigenvalue weighted by molar-refractivity contribution is 7.99. The lowest BCUT2D eigenvalue weighted by Gasteiger charge is -2.20. The molecule has 0 aliphatic rings. The van der Waals surface area contributed by atoms with Crippen molar-refractivity contribution >= 4 is 29.6 Å². The highest BCUT2D eigenvalue weighted by Crippen LogP contribution is 2.21. The summed E-state index contributed by atoms with van der Waals surface area (Å²) in [6, 6.07) is 6.06. The van der Waals surface area contributed by atoms with E-state index in [0.717, 1.165) is 11.8 Å². The molecule has 10 heteroatoms. The molecule has 0 saturated heterocycles. The third-order valence-corrected chi connectivity index (χ3v) is 3.89. The molecule has 0 unspecified atom stereocenters. The van der Waals surface area contributed by atoms with Crippen LogP contribution >= 0.6 is 11.8 Å². The number of ether oxygens (including phenoxy) is 1. The monoisotopic (exact) mass is 350 g/mol. The van der Waals surface area contributed by atoms with Crippen LogP contribution < -0.4 is 20.9 Å². The number of thioether (sulfide) groups is 1. The van der Waals surface area contributed by atoms with E-state index in [1.54, 1.807) is 24.3 Å². The molecule has 9 nitrogen and oxygen atoms in total. The number of nitrogens with two attached hydrogens (primary N) is 1. The van der Waals surface area contributed by atoms with E-state index in [9.17, 15) is 14.7 Å². The minimum absolute atomic E-state index is 0.0248. The van der Waals surface area contributed by atoms with Gasteiger partial charge in [0, 0.05) is 12.4 Å². The largest absolute Gasteiger partial charge is 0.550 e. The number of methoxy groups -OCH3 is 1. The number of aliphatic carboxylic acids is 1. The van der Waals surface area contributed by atoms with Crippen LogP contribution in [-0.4, -0.2) is 39.9 Å². The maximum Gasteiger partial charge on any atom is 0.230 e. The molecule has 0 spiro atoms. The molecule has 1 atom stereocenters. The van der Waals surface area contributed by atoms with Gasteiger partial charge in [0.05, 0.1) is 18.9 Å². The molecule has 2 aromatic rings. The summed E-state index contributed by atoms with van der Waals surface area (Å²) in [5.74, 6) is -0.797. The van der Waals surface area contributed by atoms with Crippen LogP contribution in [0.25, 0.3) is 0 Å². The third-order valence-electron chi connectivity index (χ3n) is 3.04. The van der Waals surface area contributed by atoms with Crippen LogP contribution in [0.1, 0.15) is 18.0 Å². The van der Waals surface area contributed by atoms with Crippen LogP contribution in [0.5, 0.6) is 5.75 Å². The lowest BCUT2D eigenvalue weighted by atomic mass is 10.0. The van der Waals surface area contributed by atoms with Crippen molar-refractivity contribution in [1.29, 1.82) is 0 Å². The third kappa shape index (κ3) is 5.16. The molecule has 1 aromatic carbocycles.